The molecule has 0 saturated carbocycles. The van der Waals surface area contributed by atoms with Crippen molar-refractivity contribution in [1.82, 2.24) is 24.9 Å². The van der Waals surface area contributed by atoms with E-state index in [1.54, 1.807) is 35.0 Å². The van der Waals surface area contributed by atoms with Crippen LogP contribution in [0.5, 0.6) is 0 Å². The summed E-state index contributed by atoms with van der Waals surface area (Å²) in [5.41, 5.74) is 4.30. The molecule has 0 saturated heterocycles. The van der Waals surface area contributed by atoms with Crippen molar-refractivity contribution in [2.45, 2.75) is 13.0 Å². The first-order valence-corrected chi connectivity index (χ1v) is 10.4. The molecule has 0 spiro atoms. The number of benzene rings is 1. The Morgan fingerprint density at radius 2 is 2.06 bits per heavy atom. The van der Waals surface area contributed by atoms with Gasteiger partial charge in [-0.05, 0) is 42.8 Å². The van der Waals surface area contributed by atoms with Crippen LogP contribution < -0.4 is 5.32 Å². The monoisotopic (exact) mass is 462 g/mol. The minimum atomic E-state index is -1.07. The van der Waals surface area contributed by atoms with Gasteiger partial charge in [0.25, 0.3) is 5.91 Å². The van der Waals surface area contributed by atoms with E-state index in [-0.39, 0.29) is 12.2 Å². The van der Waals surface area contributed by atoms with Crippen molar-refractivity contribution in [1.29, 1.82) is 5.26 Å². The zero-order valence-corrected chi connectivity index (χ0v) is 18.3. The molecular formula is C23H19ClN6O3. The standard InChI is InChI=1S/C23H19ClN6O3/c1-13-7-16(9-19(24)27-13)20-21(15-4-2-3-14(8-15)10-25)29-30-6-5-18(28-22(20)30)23(33)26-11-17(32)12-31/h2-9,17,31-32H,11-12H2,1H3,(H,26,33). The first-order valence-electron chi connectivity index (χ1n) is 10.0. The molecule has 3 heterocycles. The lowest BCUT2D eigenvalue weighted by Gasteiger charge is -2.09. The van der Waals surface area contributed by atoms with E-state index >= 15 is 0 Å². The van der Waals surface area contributed by atoms with E-state index in [4.69, 9.17) is 16.7 Å². The Morgan fingerprint density at radius 1 is 1.24 bits per heavy atom. The number of nitrogens with zero attached hydrogens (tertiary/aromatic N) is 5. The van der Waals surface area contributed by atoms with Crippen LogP contribution >= 0.6 is 11.6 Å². The number of aromatic nitrogens is 4. The third kappa shape index (κ3) is 4.68. The average Bonchev–Trinajstić information content (AvgIpc) is 3.20. The van der Waals surface area contributed by atoms with E-state index in [1.807, 2.05) is 19.1 Å². The number of amides is 1. The van der Waals surface area contributed by atoms with E-state index in [0.717, 1.165) is 0 Å². The van der Waals surface area contributed by atoms with Gasteiger partial charge in [-0.1, -0.05) is 23.7 Å². The molecule has 0 aliphatic heterocycles. The molecule has 1 atom stereocenters. The number of nitrogens with one attached hydrogen (secondary N) is 1. The first kappa shape index (κ1) is 22.4. The fourth-order valence-electron chi connectivity index (χ4n) is 3.40. The zero-order chi connectivity index (χ0) is 23.5. The van der Waals surface area contributed by atoms with Crippen LogP contribution in [0.15, 0.2) is 48.7 Å². The maximum absolute atomic E-state index is 12.6. The quantitative estimate of drug-likeness (QED) is 0.374. The Balaban J connectivity index is 1.90. The van der Waals surface area contributed by atoms with E-state index in [0.29, 0.717) is 44.4 Å². The number of aliphatic hydroxyl groups is 2. The van der Waals surface area contributed by atoms with Gasteiger partial charge in [0.1, 0.15) is 16.5 Å². The third-order valence-electron chi connectivity index (χ3n) is 4.90. The minimum absolute atomic E-state index is 0.111. The molecule has 4 aromatic rings. The highest BCUT2D eigenvalue weighted by Crippen LogP contribution is 2.35. The predicted molar refractivity (Wildman–Crippen MR) is 122 cm³/mol. The van der Waals surface area contributed by atoms with Crippen LogP contribution in [0.2, 0.25) is 5.15 Å². The maximum atomic E-state index is 12.6. The van der Waals surface area contributed by atoms with E-state index < -0.39 is 18.6 Å². The van der Waals surface area contributed by atoms with Crippen molar-refractivity contribution in [3.05, 3.63) is 70.8 Å². The summed E-state index contributed by atoms with van der Waals surface area (Å²) in [7, 11) is 0. The molecule has 0 aliphatic rings. The van der Waals surface area contributed by atoms with Crippen molar-refractivity contribution in [2.75, 3.05) is 13.2 Å². The van der Waals surface area contributed by atoms with Crippen LogP contribution in [0.3, 0.4) is 0 Å². The lowest BCUT2D eigenvalue weighted by atomic mass is 10.00. The summed E-state index contributed by atoms with van der Waals surface area (Å²) < 4.78 is 1.55. The highest BCUT2D eigenvalue weighted by Gasteiger charge is 2.21. The molecule has 3 aromatic heterocycles. The van der Waals surface area contributed by atoms with E-state index in [1.165, 1.54) is 6.07 Å². The van der Waals surface area contributed by atoms with Gasteiger partial charge in [-0.3, -0.25) is 4.79 Å². The van der Waals surface area contributed by atoms with Gasteiger partial charge >= 0.3 is 0 Å². The summed E-state index contributed by atoms with van der Waals surface area (Å²) in [5, 5.41) is 35.3. The van der Waals surface area contributed by atoms with Crippen molar-refractivity contribution in [3.8, 4) is 28.5 Å². The number of carbonyl (C=O) groups excluding carboxylic acids is 1. The second-order valence-electron chi connectivity index (χ2n) is 7.36. The molecule has 1 amide bonds. The number of fused-ring (bicyclic) bond motifs is 1. The molecule has 3 N–H and O–H groups in total. The van der Waals surface area contributed by atoms with Gasteiger partial charge in [0, 0.05) is 24.0 Å². The second-order valence-corrected chi connectivity index (χ2v) is 7.75. The molecule has 0 aliphatic carbocycles. The molecule has 1 aromatic carbocycles. The Hall–Kier alpha value is -3.84. The molecule has 4 rings (SSSR count). The van der Waals surface area contributed by atoms with Crippen LogP contribution in [0.25, 0.3) is 28.0 Å². The van der Waals surface area contributed by atoms with Gasteiger partial charge in [0.05, 0.1) is 29.9 Å². The average molecular weight is 463 g/mol. The van der Waals surface area contributed by atoms with E-state index in [2.05, 4.69) is 26.5 Å². The number of aryl methyl sites for hydroxylation is 1. The van der Waals surface area contributed by atoms with E-state index in [9.17, 15) is 15.2 Å². The predicted octanol–water partition coefficient (Wildman–Crippen LogP) is 2.37. The summed E-state index contributed by atoms with van der Waals surface area (Å²) in [5.74, 6) is -0.505. The van der Waals surface area contributed by atoms with Crippen LogP contribution in [0, 0.1) is 18.3 Å². The summed E-state index contributed by atoms with van der Waals surface area (Å²) in [6.45, 7) is 1.24. The van der Waals surface area contributed by atoms with Gasteiger partial charge in [-0.15, -0.1) is 0 Å². The molecule has 0 radical (unpaired) electrons. The van der Waals surface area contributed by atoms with Crippen molar-refractivity contribution < 1.29 is 15.0 Å². The number of pyridine rings is 1. The zero-order valence-electron chi connectivity index (χ0n) is 17.5. The molecule has 33 heavy (non-hydrogen) atoms. The number of hydrogen-bond acceptors (Lipinski definition) is 7. The number of aliphatic hydroxyl groups excluding tert-OH is 2. The SMILES string of the molecule is Cc1cc(-c2c(-c3cccc(C#N)c3)nn3ccc(C(=O)NCC(O)CO)nc23)cc(Cl)n1. The van der Waals surface area contributed by atoms with Gasteiger partial charge in [-0.25, -0.2) is 14.5 Å². The van der Waals surface area contributed by atoms with Crippen molar-refractivity contribution >= 4 is 23.2 Å². The highest BCUT2D eigenvalue weighted by atomic mass is 35.5. The lowest BCUT2D eigenvalue weighted by Crippen LogP contribution is -2.34. The summed E-state index contributed by atoms with van der Waals surface area (Å²) in [6, 6.07) is 14.2. The fraction of sp³-hybridized carbons (Fsp3) is 0.174. The van der Waals surface area contributed by atoms with Crippen LogP contribution in [-0.2, 0) is 0 Å². The number of nitriles is 1. The van der Waals surface area contributed by atoms with Crippen molar-refractivity contribution in [2.24, 2.45) is 0 Å². The summed E-state index contributed by atoms with van der Waals surface area (Å²) >= 11 is 6.22. The largest absolute Gasteiger partial charge is 0.394 e. The summed E-state index contributed by atoms with van der Waals surface area (Å²) in [6.07, 6.45) is 0.542. The minimum Gasteiger partial charge on any atom is -0.394 e. The highest BCUT2D eigenvalue weighted by molar-refractivity contribution is 6.29. The Kier molecular flexibility index (Phi) is 6.33. The molecule has 166 valence electrons. The maximum Gasteiger partial charge on any atom is 0.270 e. The van der Waals surface area contributed by atoms with Crippen LogP contribution in [0.1, 0.15) is 21.7 Å². The normalized spacial score (nSPS) is 11.8. The first-order chi connectivity index (χ1) is 15.9. The smallest absolute Gasteiger partial charge is 0.270 e. The number of carbonyl (C=O) groups is 1. The molecule has 10 heteroatoms. The van der Waals surface area contributed by atoms with Gasteiger partial charge in [0.15, 0.2) is 5.65 Å². The number of hydrogen-bond donors (Lipinski definition) is 3. The van der Waals surface area contributed by atoms with Gasteiger partial charge in [0.2, 0.25) is 0 Å². The number of rotatable bonds is 6. The van der Waals surface area contributed by atoms with Crippen LogP contribution in [-0.4, -0.2) is 55.0 Å². The number of halogens is 1. The van der Waals surface area contributed by atoms with Crippen LogP contribution in [0.4, 0.5) is 0 Å². The topological polar surface area (TPSA) is 136 Å². The Labute approximate surface area is 193 Å². The lowest BCUT2D eigenvalue weighted by molar-refractivity contribution is 0.0799. The summed E-state index contributed by atoms with van der Waals surface area (Å²) in [4.78, 5) is 21.3. The molecule has 0 fully saturated rings. The Bertz CT molecular complexity index is 1370. The van der Waals surface area contributed by atoms with Crippen molar-refractivity contribution in [3.63, 3.8) is 0 Å². The third-order valence-corrected chi connectivity index (χ3v) is 5.10. The molecule has 9 nitrogen and oxygen atoms in total. The molecule has 0 bridgehead atoms. The Morgan fingerprint density at radius 3 is 2.79 bits per heavy atom. The molecule has 1 unspecified atom stereocenters. The molecular weight excluding hydrogens is 444 g/mol. The fourth-order valence-corrected chi connectivity index (χ4v) is 3.65. The van der Waals surface area contributed by atoms with Gasteiger partial charge in [-0.2, -0.15) is 10.4 Å². The second kappa shape index (κ2) is 9.34. The van der Waals surface area contributed by atoms with Gasteiger partial charge < -0.3 is 15.5 Å².